The Morgan fingerprint density at radius 3 is 2.75 bits per heavy atom. The molecule has 3 nitrogen and oxygen atoms in total. The molecule has 0 aliphatic carbocycles. The number of amides is 1. The van der Waals surface area contributed by atoms with Gasteiger partial charge in [-0.3, -0.25) is 4.79 Å². The second-order valence-electron chi connectivity index (χ2n) is 5.18. The van der Waals surface area contributed by atoms with Gasteiger partial charge in [0.05, 0.1) is 5.56 Å². The molecule has 1 aliphatic heterocycles. The zero-order valence-electron chi connectivity index (χ0n) is 11.7. The van der Waals surface area contributed by atoms with E-state index in [1.807, 2.05) is 0 Å². The molecule has 1 heterocycles. The van der Waals surface area contributed by atoms with Crippen molar-refractivity contribution >= 4 is 21.8 Å². The van der Waals surface area contributed by atoms with E-state index in [1.165, 1.54) is 6.07 Å². The number of carbonyl (C=O) groups is 1. The van der Waals surface area contributed by atoms with Crippen molar-refractivity contribution in [2.24, 2.45) is 5.92 Å². The van der Waals surface area contributed by atoms with Gasteiger partial charge < -0.3 is 10.2 Å². The van der Waals surface area contributed by atoms with Gasteiger partial charge in [-0.05, 0) is 66.5 Å². The highest BCUT2D eigenvalue weighted by Crippen LogP contribution is 2.20. The quantitative estimate of drug-likeness (QED) is 0.911. The molecular weight excluding hydrogens is 323 g/mol. The van der Waals surface area contributed by atoms with Gasteiger partial charge in [0, 0.05) is 11.0 Å². The summed E-state index contributed by atoms with van der Waals surface area (Å²) in [5, 5.41) is 2.86. The topological polar surface area (TPSA) is 32.3 Å². The summed E-state index contributed by atoms with van der Waals surface area (Å²) < 4.78 is 14.2. The normalized spacial score (nSPS) is 17.1. The molecule has 0 radical (unpaired) electrons. The van der Waals surface area contributed by atoms with E-state index in [2.05, 4.69) is 33.1 Å². The standard InChI is InChI=1S/C15H20BrFN2O/c1-2-19-8-6-11(7-9-19)10-18-15(20)14-12(16)4-3-5-13(14)17/h3-5,11H,2,6-10H2,1H3,(H,18,20). The maximum absolute atomic E-state index is 13.7. The third-order valence-electron chi connectivity index (χ3n) is 3.90. The Hall–Kier alpha value is -0.940. The number of piperidine rings is 1. The van der Waals surface area contributed by atoms with Crippen LogP contribution in [0.3, 0.4) is 0 Å². The van der Waals surface area contributed by atoms with Crippen LogP contribution in [0.4, 0.5) is 4.39 Å². The molecule has 0 atom stereocenters. The molecular formula is C15H20BrFN2O. The number of halogens is 2. The van der Waals surface area contributed by atoms with Crippen molar-refractivity contribution in [3.8, 4) is 0 Å². The van der Waals surface area contributed by atoms with Gasteiger partial charge in [0.25, 0.3) is 5.91 Å². The number of nitrogens with zero attached hydrogens (tertiary/aromatic N) is 1. The number of likely N-dealkylation sites (tertiary alicyclic amines) is 1. The van der Waals surface area contributed by atoms with Crippen LogP contribution in [0.1, 0.15) is 30.1 Å². The second kappa shape index (κ2) is 7.18. The van der Waals surface area contributed by atoms with Gasteiger partial charge in [-0.2, -0.15) is 0 Å². The summed E-state index contributed by atoms with van der Waals surface area (Å²) >= 11 is 3.22. The molecule has 0 spiro atoms. The molecule has 1 aromatic carbocycles. The summed E-state index contributed by atoms with van der Waals surface area (Å²) in [6, 6.07) is 4.56. The Bertz CT molecular complexity index is 453. The molecule has 1 amide bonds. The summed E-state index contributed by atoms with van der Waals surface area (Å²) in [4.78, 5) is 14.5. The van der Waals surface area contributed by atoms with Crippen LogP contribution < -0.4 is 5.32 Å². The number of benzene rings is 1. The zero-order valence-corrected chi connectivity index (χ0v) is 13.2. The molecule has 2 rings (SSSR count). The molecule has 1 saturated heterocycles. The fourth-order valence-corrected chi connectivity index (χ4v) is 3.07. The van der Waals surface area contributed by atoms with Crippen molar-refractivity contribution in [2.75, 3.05) is 26.2 Å². The van der Waals surface area contributed by atoms with Crippen molar-refractivity contribution in [3.63, 3.8) is 0 Å². The van der Waals surface area contributed by atoms with Crippen molar-refractivity contribution in [1.82, 2.24) is 10.2 Å². The molecule has 0 bridgehead atoms. The first-order valence-corrected chi connectivity index (χ1v) is 7.85. The second-order valence-corrected chi connectivity index (χ2v) is 6.04. The molecule has 1 aromatic rings. The Kier molecular flexibility index (Phi) is 5.54. The fourth-order valence-electron chi connectivity index (χ4n) is 2.55. The molecule has 20 heavy (non-hydrogen) atoms. The van der Waals surface area contributed by atoms with E-state index < -0.39 is 5.82 Å². The van der Waals surface area contributed by atoms with Crippen LogP contribution >= 0.6 is 15.9 Å². The van der Waals surface area contributed by atoms with Crippen LogP contribution in [-0.4, -0.2) is 37.0 Å². The monoisotopic (exact) mass is 342 g/mol. The largest absolute Gasteiger partial charge is 0.352 e. The summed E-state index contributed by atoms with van der Waals surface area (Å²) in [5.41, 5.74) is 0.0958. The molecule has 1 aliphatic rings. The van der Waals surface area contributed by atoms with E-state index in [0.29, 0.717) is 16.9 Å². The third-order valence-corrected chi connectivity index (χ3v) is 4.56. The molecule has 1 fully saturated rings. The number of hydrogen-bond donors (Lipinski definition) is 1. The van der Waals surface area contributed by atoms with Crippen LogP contribution in [-0.2, 0) is 0 Å². The van der Waals surface area contributed by atoms with Crippen molar-refractivity contribution in [2.45, 2.75) is 19.8 Å². The average molecular weight is 343 g/mol. The smallest absolute Gasteiger partial charge is 0.255 e. The first-order chi connectivity index (χ1) is 9.61. The molecule has 5 heteroatoms. The highest BCUT2D eigenvalue weighted by Gasteiger charge is 2.20. The van der Waals surface area contributed by atoms with Crippen LogP contribution in [0.15, 0.2) is 22.7 Å². The average Bonchev–Trinajstić information content (AvgIpc) is 2.45. The molecule has 0 saturated carbocycles. The Labute approximate surface area is 127 Å². The lowest BCUT2D eigenvalue weighted by molar-refractivity contribution is 0.0932. The lowest BCUT2D eigenvalue weighted by Gasteiger charge is -2.31. The highest BCUT2D eigenvalue weighted by molar-refractivity contribution is 9.10. The first-order valence-electron chi connectivity index (χ1n) is 7.06. The maximum Gasteiger partial charge on any atom is 0.255 e. The van der Waals surface area contributed by atoms with Gasteiger partial charge in [0.1, 0.15) is 5.82 Å². The van der Waals surface area contributed by atoms with E-state index in [4.69, 9.17) is 0 Å². The summed E-state index contributed by atoms with van der Waals surface area (Å²) in [5.74, 6) is -0.335. The minimum absolute atomic E-state index is 0.0958. The fraction of sp³-hybridized carbons (Fsp3) is 0.533. The lowest BCUT2D eigenvalue weighted by atomic mass is 9.96. The maximum atomic E-state index is 13.7. The van der Waals surface area contributed by atoms with Crippen LogP contribution in [0.25, 0.3) is 0 Å². The van der Waals surface area contributed by atoms with Gasteiger partial charge in [-0.1, -0.05) is 13.0 Å². The van der Waals surface area contributed by atoms with Crippen molar-refractivity contribution < 1.29 is 9.18 Å². The van der Waals surface area contributed by atoms with E-state index in [1.54, 1.807) is 12.1 Å². The van der Waals surface area contributed by atoms with Gasteiger partial charge >= 0.3 is 0 Å². The Morgan fingerprint density at radius 2 is 2.15 bits per heavy atom. The van der Waals surface area contributed by atoms with Crippen molar-refractivity contribution in [1.29, 1.82) is 0 Å². The SMILES string of the molecule is CCN1CCC(CNC(=O)c2c(F)cccc2Br)CC1. The lowest BCUT2D eigenvalue weighted by Crippen LogP contribution is -2.38. The predicted octanol–water partition coefficient (Wildman–Crippen LogP) is 3.05. The van der Waals surface area contributed by atoms with Gasteiger partial charge in [-0.25, -0.2) is 4.39 Å². The molecule has 0 unspecified atom stereocenters. The molecule has 0 aromatic heterocycles. The van der Waals surface area contributed by atoms with E-state index in [0.717, 1.165) is 32.5 Å². The number of nitrogens with one attached hydrogen (secondary N) is 1. The zero-order chi connectivity index (χ0) is 14.5. The molecule has 110 valence electrons. The van der Waals surface area contributed by atoms with Crippen LogP contribution in [0.5, 0.6) is 0 Å². The van der Waals surface area contributed by atoms with Crippen LogP contribution in [0, 0.1) is 11.7 Å². The number of carbonyl (C=O) groups excluding carboxylic acids is 1. The van der Waals surface area contributed by atoms with Crippen molar-refractivity contribution in [3.05, 3.63) is 34.1 Å². The highest BCUT2D eigenvalue weighted by atomic mass is 79.9. The third kappa shape index (κ3) is 3.79. The number of hydrogen-bond acceptors (Lipinski definition) is 2. The van der Waals surface area contributed by atoms with Gasteiger partial charge in [0.2, 0.25) is 0 Å². The molecule has 1 N–H and O–H groups in total. The summed E-state index contributed by atoms with van der Waals surface area (Å²) in [6.07, 6.45) is 2.18. The Morgan fingerprint density at radius 1 is 1.45 bits per heavy atom. The Balaban J connectivity index is 1.87. The van der Waals surface area contributed by atoms with Gasteiger partial charge in [-0.15, -0.1) is 0 Å². The predicted molar refractivity (Wildman–Crippen MR) is 81.3 cm³/mol. The minimum Gasteiger partial charge on any atom is -0.352 e. The van der Waals surface area contributed by atoms with Gasteiger partial charge in [0.15, 0.2) is 0 Å². The van der Waals surface area contributed by atoms with E-state index >= 15 is 0 Å². The first kappa shape index (κ1) is 15.4. The number of rotatable bonds is 4. The van der Waals surface area contributed by atoms with E-state index in [-0.39, 0.29) is 11.5 Å². The van der Waals surface area contributed by atoms with E-state index in [9.17, 15) is 9.18 Å². The van der Waals surface area contributed by atoms with Crippen LogP contribution in [0.2, 0.25) is 0 Å². The summed E-state index contributed by atoms with van der Waals surface area (Å²) in [7, 11) is 0. The summed E-state index contributed by atoms with van der Waals surface area (Å²) in [6.45, 7) is 6.04. The minimum atomic E-state index is -0.488.